The molecule has 1 amide bonds. The van der Waals surface area contributed by atoms with Crippen molar-refractivity contribution in [1.29, 1.82) is 0 Å². The summed E-state index contributed by atoms with van der Waals surface area (Å²) in [7, 11) is 0. The first-order chi connectivity index (χ1) is 8.97. The lowest BCUT2D eigenvalue weighted by molar-refractivity contribution is -0.137. The number of allylic oxidation sites excluding steroid dienone is 2. The van der Waals surface area contributed by atoms with Crippen LogP contribution >= 0.6 is 0 Å². The van der Waals surface area contributed by atoms with Gasteiger partial charge in [0, 0.05) is 6.42 Å². The van der Waals surface area contributed by atoms with Crippen molar-refractivity contribution in [2.24, 2.45) is 5.92 Å². The predicted molar refractivity (Wildman–Crippen MR) is 66.6 cm³/mol. The van der Waals surface area contributed by atoms with Crippen molar-refractivity contribution in [3.8, 4) is 0 Å². The predicted octanol–water partition coefficient (Wildman–Crippen LogP) is 4.00. The number of halogens is 3. The Balaban J connectivity index is 2.06. The zero-order chi connectivity index (χ0) is 13.9. The smallest absolute Gasteiger partial charge is 0.325 e. The summed E-state index contributed by atoms with van der Waals surface area (Å²) in [5.74, 6) is -0.244. The summed E-state index contributed by atoms with van der Waals surface area (Å²) in [6.07, 6.45) is 1.50. The van der Waals surface area contributed by atoms with Crippen LogP contribution in [0.2, 0.25) is 0 Å². The molecule has 1 aliphatic carbocycles. The van der Waals surface area contributed by atoms with E-state index in [2.05, 4.69) is 5.32 Å². The summed E-state index contributed by atoms with van der Waals surface area (Å²) < 4.78 is 38.2. The fourth-order valence-corrected chi connectivity index (χ4v) is 2.14. The fourth-order valence-electron chi connectivity index (χ4n) is 2.14. The molecule has 102 valence electrons. The molecule has 1 aliphatic rings. The number of rotatable bonds is 3. The van der Waals surface area contributed by atoms with Crippen LogP contribution in [0.1, 0.15) is 24.8 Å². The van der Waals surface area contributed by atoms with E-state index in [1.165, 1.54) is 18.2 Å². The monoisotopic (exact) mass is 269 g/mol. The highest BCUT2D eigenvalue weighted by molar-refractivity contribution is 5.91. The highest BCUT2D eigenvalue weighted by atomic mass is 19.4. The van der Waals surface area contributed by atoms with Crippen LogP contribution in [0.15, 0.2) is 36.4 Å². The molecule has 0 aliphatic heterocycles. The van der Waals surface area contributed by atoms with Crippen LogP contribution in [-0.4, -0.2) is 5.91 Å². The minimum absolute atomic E-state index is 0.137. The van der Waals surface area contributed by atoms with Crippen LogP contribution in [-0.2, 0) is 11.0 Å². The van der Waals surface area contributed by atoms with Crippen LogP contribution in [0.4, 0.5) is 18.9 Å². The molecule has 0 heterocycles. The van der Waals surface area contributed by atoms with Crippen molar-refractivity contribution >= 4 is 11.6 Å². The largest absolute Gasteiger partial charge is 0.418 e. The van der Waals surface area contributed by atoms with E-state index >= 15 is 0 Å². The molecule has 2 nitrogen and oxygen atoms in total. The van der Waals surface area contributed by atoms with Gasteiger partial charge in [-0.1, -0.05) is 24.3 Å². The Bertz CT molecular complexity index is 494. The third-order valence-corrected chi connectivity index (χ3v) is 3.07. The van der Waals surface area contributed by atoms with Gasteiger partial charge in [-0.2, -0.15) is 13.2 Å². The maximum absolute atomic E-state index is 12.7. The summed E-state index contributed by atoms with van der Waals surface area (Å²) in [5.41, 5.74) is -0.993. The van der Waals surface area contributed by atoms with E-state index in [9.17, 15) is 18.0 Å². The number of amides is 1. The first-order valence-electron chi connectivity index (χ1n) is 6.09. The molecular weight excluding hydrogens is 255 g/mol. The van der Waals surface area contributed by atoms with E-state index in [1.54, 1.807) is 0 Å². The summed E-state index contributed by atoms with van der Waals surface area (Å²) in [4.78, 5) is 11.7. The van der Waals surface area contributed by atoms with Gasteiger partial charge in [-0.25, -0.2) is 0 Å². The number of para-hydroxylation sites is 1. The van der Waals surface area contributed by atoms with Crippen LogP contribution in [0.25, 0.3) is 0 Å². The zero-order valence-corrected chi connectivity index (χ0v) is 10.2. The molecule has 0 bridgehead atoms. The van der Waals surface area contributed by atoms with Crippen molar-refractivity contribution in [3.63, 3.8) is 0 Å². The Morgan fingerprint density at radius 2 is 2.05 bits per heavy atom. The topological polar surface area (TPSA) is 29.1 Å². The van der Waals surface area contributed by atoms with Crippen molar-refractivity contribution in [1.82, 2.24) is 0 Å². The van der Waals surface area contributed by atoms with E-state index in [1.807, 2.05) is 12.2 Å². The quantitative estimate of drug-likeness (QED) is 0.826. The van der Waals surface area contributed by atoms with Gasteiger partial charge in [-0.3, -0.25) is 4.79 Å². The van der Waals surface area contributed by atoms with Gasteiger partial charge in [0.2, 0.25) is 5.91 Å². The Labute approximate surface area is 109 Å². The summed E-state index contributed by atoms with van der Waals surface area (Å²) in [6.45, 7) is 0. The molecule has 0 fully saturated rings. The number of alkyl halides is 3. The van der Waals surface area contributed by atoms with Gasteiger partial charge < -0.3 is 5.32 Å². The number of hydrogen-bond donors (Lipinski definition) is 1. The minimum Gasteiger partial charge on any atom is -0.325 e. The third kappa shape index (κ3) is 3.59. The number of carbonyl (C=O) groups excluding carboxylic acids is 1. The molecule has 0 spiro atoms. The lowest BCUT2D eigenvalue weighted by atomic mass is 10.0. The van der Waals surface area contributed by atoms with E-state index < -0.39 is 11.7 Å². The molecule has 1 N–H and O–H groups in total. The molecule has 1 unspecified atom stereocenters. The van der Waals surface area contributed by atoms with Crippen LogP contribution < -0.4 is 5.32 Å². The summed E-state index contributed by atoms with van der Waals surface area (Å²) >= 11 is 0. The lowest BCUT2D eigenvalue weighted by Crippen LogP contribution is -2.18. The average molecular weight is 269 g/mol. The molecule has 0 radical (unpaired) electrons. The van der Waals surface area contributed by atoms with Crippen molar-refractivity contribution in [2.45, 2.75) is 25.4 Å². The minimum atomic E-state index is -4.46. The molecule has 1 atom stereocenters. The third-order valence-electron chi connectivity index (χ3n) is 3.07. The lowest BCUT2D eigenvalue weighted by Gasteiger charge is -2.14. The normalized spacial score (nSPS) is 18.6. The van der Waals surface area contributed by atoms with Gasteiger partial charge in [0.15, 0.2) is 0 Å². The second kappa shape index (κ2) is 5.47. The van der Waals surface area contributed by atoms with E-state index in [0.29, 0.717) is 0 Å². The Morgan fingerprint density at radius 3 is 2.68 bits per heavy atom. The Morgan fingerprint density at radius 1 is 1.32 bits per heavy atom. The summed E-state index contributed by atoms with van der Waals surface area (Å²) in [5, 5.41) is 2.35. The first kappa shape index (κ1) is 13.6. The Kier molecular flexibility index (Phi) is 3.93. The van der Waals surface area contributed by atoms with Crippen molar-refractivity contribution in [3.05, 3.63) is 42.0 Å². The van der Waals surface area contributed by atoms with Crippen LogP contribution in [0, 0.1) is 5.92 Å². The van der Waals surface area contributed by atoms with Crippen molar-refractivity contribution in [2.75, 3.05) is 5.32 Å². The van der Waals surface area contributed by atoms with Crippen molar-refractivity contribution < 1.29 is 18.0 Å². The molecule has 1 aromatic carbocycles. The highest BCUT2D eigenvalue weighted by Crippen LogP contribution is 2.34. The molecule has 0 aromatic heterocycles. The van der Waals surface area contributed by atoms with Crippen LogP contribution in [0.3, 0.4) is 0 Å². The molecule has 5 heteroatoms. The number of carbonyl (C=O) groups is 1. The molecule has 19 heavy (non-hydrogen) atoms. The number of nitrogens with one attached hydrogen (secondary N) is 1. The molecule has 0 saturated carbocycles. The van der Waals surface area contributed by atoms with Gasteiger partial charge in [0.1, 0.15) is 0 Å². The maximum Gasteiger partial charge on any atom is 0.418 e. The molecular formula is C14H14F3NO. The Hall–Kier alpha value is -1.78. The number of benzene rings is 1. The number of anilines is 1. The maximum atomic E-state index is 12.7. The second-order valence-electron chi connectivity index (χ2n) is 4.56. The highest BCUT2D eigenvalue weighted by Gasteiger charge is 2.33. The van der Waals surface area contributed by atoms with Crippen LogP contribution in [0.5, 0.6) is 0 Å². The van der Waals surface area contributed by atoms with Gasteiger partial charge in [0.05, 0.1) is 11.3 Å². The van der Waals surface area contributed by atoms with E-state index in [-0.39, 0.29) is 23.9 Å². The standard InChI is InChI=1S/C14H14F3NO/c15-14(16,17)11-7-3-4-8-12(11)18-13(19)9-10-5-1-2-6-10/h1,3-5,7-8,10H,2,6,9H2,(H,18,19). The first-order valence-corrected chi connectivity index (χ1v) is 6.09. The van der Waals surface area contributed by atoms with Gasteiger partial charge in [-0.05, 0) is 30.9 Å². The number of hydrogen-bond acceptors (Lipinski definition) is 1. The van der Waals surface area contributed by atoms with E-state index in [4.69, 9.17) is 0 Å². The van der Waals surface area contributed by atoms with E-state index in [0.717, 1.165) is 18.9 Å². The molecule has 1 aromatic rings. The SMILES string of the molecule is O=C(CC1C=CCC1)Nc1ccccc1C(F)(F)F. The molecule has 0 saturated heterocycles. The summed E-state index contributed by atoms with van der Waals surface area (Å²) in [6, 6.07) is 5.01. The molecule has 2 rings (SSSR count). The van der Waals surface area contributed by atoms with Gasteiger partial charge in [-0.15, -0.1) is 0 Å². The van der Waals surface area contributed by atoms with Gasteiger partial charge in [0.25, 0.3) is 0 Å². The second-order valence-corrected chi connectivity index (χ2v) is 4.56. The zero-order valence-electron chi connectivity index (χ0n) is 10.2. The average Bonchev–Trinajstić information content (AvgIpc) is 2.81. The fraction of sp³-hybridized carbons (Fsp3) is 0.357. The van der Waals surface area contributed by atoms with Gasteiger partial charge >= 0.3 is 6.18 Å².